The summed E-state index contributed by atoms with van der Waals surface area (Å²) in [5.41, 5.74) is 0. The van der Waals surface area contributed by atoms with E-state index in [0.717, 1.165) is 38.9 Å². The van der Waals surface area contributed by atoms with Gasteiger partial charge in [0.1, 0.15) is 0 Å². The molecular weight excluding hydrogens is 192 g/mol. The molecule has 2 aliphatic rings. The Hall–Kier alpha value is -0.610. The number of rotatable bonds is 4. The Bertz CT molecular complexity index is 239. The predicted molar refractivity (Wildman–Crippen MR) is 57.4 cm³/mol. The van der Waals surface area contributed by atoms with Gasteiger partial charge in [-0.1, -0.05) is 6.92 Å². The van der Waals surface area contributed by atoms with E-state index in [1.165, 1.54) is 0 Å². The molecule has 0 bridgehead atoms. The van der Waals surface area contributed by atoms with Gasteiger partial charge in [0.05, 0.1) is 12.1 Å². The van der Waals surface area contributed by atoms with Crippen molar-refractivity contribution in [2.24, 2.45) is 5.92 Å². The minimum atomic E-state index is -0.114. The highest BCUT2D eigenvalue weighted by molar-refractivity contribution is 5.83. The molecule has 1 aliphatic carbocycles. The summed E-state index contributed by atoms with van der Waals surface area (Å²) in [6.07, 6.45) is 2.56. The van der Waals surface area contributed by atoms with Crippen molar-refractivity contribution in [3.05, 3.63) is 0 Å². The second-order valence-electron chi connectivity index (χ2n) is 4.67. The summed E-state index contributed by atoms with van der Waals surface area (Å²) in [5.74, 6) is 0.780. The maximum Gasteiger partial charge on any atom is 0.239 e. The van der Waals surface area contributed by atoms with Crippen LogP contribution in [0.15, 0.2) is 0 Å². The van der Waals surface area contributed by atoms with Crippen LogP contribution < -0.4 is 5.32 Å². The van der Waals surface area contributed by atoms with Crippen molar-refractivity contribution >= 4 is 5.91 Å². The van der Waals surface area contributed by atoms with Crippen molar-refractivity contribution in [3.8, 4) is 0 Å². The van der Waals surface area contributed by atoms with E-state index >= 15 is 0 Å². The number of likely N-dealkylation sites (N-methyl/N-ethyl adjacent to an activating group) is 1. The highest BCUT2D eigenvalue weighted by Crippen LogP contribution is 2.29. The second-order valence-corrected chi connectivity index (χ2v) is 4.67. The number of carbonyl (C=O) groups is 1. The molecule has 1 amide bonds. The number of hydrogen-bond donors (Lipinski definition) is 2. The molecule has 0 aromatic carbocycles. The van der Waals surface area contributed by atoms with Crippen molar-refractivity contribution in [2.45, 2.75) is 38.3 Å². The largest absolute Gasteiger partial charge is 0.393 e. The van der Waals surface area contributed by atoms with E-state index in [-0.39, 0.29) is 18.1 Å². The zero-order valence-corrected chi connectivity index (χ0v) is 9.28. The van der Waals surface area contributed by atoms with E-state index in [0.29, 0.717) is 5.92 Å². The van der Waals surface area contributed by atoms with Gasteiger partial charge in [-0.3, -0.25) is 4.79 Å². The molecule has 1 aliphatic heterocycles. The molecule has 1 atom stereocenters. The van der Waals surface area contributed by atoms with E-state index in [4.69, 9.17) is 0 Å². The lowest BCUT2D eigenvalue weighted by molar-refractivity contribution is -0.130. The number of amides is 1. The summed E-state index contributed by atoms with van der Waals surface area (Å²) in [7, 11) is 0. The number of carbonyl (C=O) groups excluding carboxylic acids is 1. The van der Waals surface area contributed by atoms with Crippen LogP contribution in [-0.2, 0) is 4.79 Å². The normalized spacial score (nSPS) is 35.7. The second kappa shape index (κ2) is 4.49. The molecule has 2 N–H and O–H groups in total. The van der Waals surface area contributed by atoms with E-state index < -0.39 is 0 Å². The van der Waals surface area contributed by atoms with Crippen LogP contribution in [0.25, 0.3) is 0 Å². The molecule has 0 spiro atoms. The lowest BCUT2D eigenvalue weighted by atomic mass is 9.82. The van der Waals surface area contributed by atoms with Gasteiger partial charge >= 0.3 is 0 Å². The van der Waals surface area contributed by atoms with E-state index in [9.17, 15) is 9.90 Å². The zero-order valence-electron chi connectivity index (χ0n) is 9.28. The third kappa shape index (κ3) is 2.32. The highest BCUT2D eigenvalue weighted by atomic mass is 16.3. The quantitative estimate of drug-likeness (QED) is 0.688. The third-order valence-electron chi connectivity index (χ3n) is 3.44. The number of aliphatic hydroxyl groups excluding tert-OH is 1. The molecule has 1 saturated carbocycles. The molecule has 4 heteroatoms. The number of nitrogens with zero attached hydrogens (tertiary/aromatic N) is 1. The van der Waals surface area contributed by atoms with Crippen LogP contribution in [0.2, 0.25) is 0 Å². The smallest absolute Gasteiger partial charge is 0.239 e. The van der Waals surface area contributed by atoms with Gasteiger partial charge in [0.25, 0.3) is 0 Å². The summed E-state index contributed by atoms with van der Waals surface area (Å²) >= 11 is 0. The first-order valence-corrected chi connectivity index (χ1v) is 5.91. The fourth-order valence-corrected chi connectivity index (χ4v) is 2.52. The molecule has 0 radical (unpaired) electrons. The van der Waals surface area contributed by atoms with Crippen molar-refractivity contribution in [1.29, 1.82) is 0 Å². The standard InChI is InChI=1S/C11H20N2O2/c1-2-12-10-3-4-13(11(10)15)7-8-5-9(14)6-8/h8-10,12,14H,2-7H2,1H3. The molecule has 15 heavy (non-hydrogen) atoms. The lowest BCUT2D eigenvalue weighted by Gasteiger charge is -2.34. The van der Waals surface area contributed by atoms with Crippen LogP contribution >= 0.6 is 0 Å². The van der Waals surface area contributed by atoms with Crippen molar-refractivity contribution in [3.63, 3.8) is 0 Å². The minimum Gasteiger partial charge on any atom is -0.393 e. The molecule has 1 unspecified atom stereocenters. The van der Waals surface area contributed by atoms with Crippen LogP contribution in [0.3, 0.4) is 0 Å². The van der Waals surface area contributed by atoms with Gasteiger partial charge < -0.3 is 15.3 Å². The van der Waals surface area contributed by atoms with Gasteiger partial charge in [-0.25, -0.2) is 0 Å². The third-order valence-corrected chi connectivity index (χ3v) is 3.44. The molecule has 0 aromatic rings. The molecule has 2 rings (SSSR count). The summed E-state index contributed by atoms with van der Waals surface area (Å²) in [6, 6.07) is 0.0417. The van der Waals surface area contributed by atoms with Crippen molar-refractivity contribution < 1.29 is 9.90 Å². The van der Waals surface area contributed by atoms with Crippen LogP contribution in [0.4, 0.5) is 0 Å². The Morgan fingerprint density at radius 3 is 2.87 bits per heavy atom. The lowest BCUT2D eigenvalue weighted by Crippen LogP contribution is -2.43. The molecule has 1 saturated heterocycles. The van der Waals surface area contributed by atoms with Crippen molar-refractivity contribution in [2.75, 3.05) is 19.6 Å². The van der Waals surface area contributed by atoms with E-state index in [1.807, 2.05) is 11.8 Å². The fourth-order valence-electron chi connectivity index (χ4n) is 2.52. The van der Waals surface area contributed by atoms with Crippen molar-refractivity contribution in [1.82, 2.24) is 10.2 Å². The first kappa shape index (κ1) is 10.9. The summed E-state index contributed by atoms with van der Waals surface area (Å²) in [4.78, 5) is 13.8. The summed E-state index contributed by atoms with van der Waals surface area (Å²) < 4.78 is 0. The Labute approximate surface area is 90.6 Å². The molecule has 4 nitrogen and oxygen atoms in total. The highest BCUT2D eigenvalue weighted by Gasteiger charge is 2.35. The molecular formula is C11H20N2O2. The fraction of sp³-hybridized carbons (Fsp3) is 0.909. The van der Waals surface area contributed by atoms with Gasteiger partial charge in [0, 0.05) is 13.1 Å². The average Bonchev–Trinajstić information content (AvgIpc) is 2.48. The average molecular weight is 212 g/mol. The van der Waals surface area contributed by atoms with Gasteiger partial charge in [-0.15, -0.1) is 0 Å². The van der Waals surface area contributed by atoms with Gasteiger partial charge in [0.15, 0.2) is 0 Å². The summed E-state index contributed by atoms with van der Waals surface area (Å²) in [6.45, 7) is 4.60. The van der Waals surface area contributed by atoms with Crippen LogP contribution in [0.1, 0.15) is 26.2 Å². The predicted octanol–water partition coefficient (Wildman–Crippen LogP) is -0.0323. The summed E-state index contributed by atoms with van der Waals surface area (Å²) in [5, 5.41) is 12.4. The Balaban J connectivity index is 1.77. The molecule has 1 heterocycles. The Morgan fingerprint density at radius 2 is 2.27 bits per heavy atom. The molecule has 0 aromatic heterocycles. The van der Waals surface area contributed by atoms with Crippen LogP contribution in [0.5, 0.6) is 0 Å². The first-order valence-electron chi connectivity index (χ1n) is 5.91. The van der Waals surface area contributed by atoms with E-state index in [1.54, 1.807) is 0 Å². The Morgan fingerprint density at radius 1 is 1.53 bits per heavy atom. The topological polar surface area (TPSA) is 52.6 Å². The number of nitrogens with one attached hydrogen (secondary N) is 1. The molecule has 86 valence electrons. The van der Waals surface area contributed by atoms with Gasteiger partial charge in [-0.2, -0.15) is 0 Å². The monoisotopic (exact) mass is 212 g/mol. The van der Waals surface area contributed by atoms with E-state index in [2.05, 4.69) is 5.32 Å². The number of hydrogen-bond acceptors (Lipinski definition) is 3. The van der Waals surface area contributed by atoms with Gasteiger partial charge in [-0.05, 0) is 31.7 Å². The zero-order chi connectivity index (χ0) is 10.8. The SMILES string of the molecule is CCNC1CCN(CC2CC(O)C2)C1=O. The number of aliphatic hydroxyl groups is 1. The van der Waals surface area contributed by atoms with Crippen LogP contribution in [0, 0.1) is 5.92 Å². The maximum absolute atomic E-state index is 11.9. The maximum atomic E-state index is 11.9. The molecule has 2 fully saturated rings. The van der Waals surface area contributed by atoms with Gasteiger partial charge in [0.2, 0.25) is 5.91 Å². The van der Waals surface area contributed by atoms with Crippen LogP contribution in [-0.4, -0.2) is 47.7 Å². The number of likely N-dealkylation sites (tertiary alicyclic amines) is 1. The minimum absolute atomic E-state index is 0.0417. The first-order chi connectivity index (χ1) is 7.20. The Kier molecular flexibility index (Phi) is 3.26.